The van der Waals surface area contributed by atoms with E-state index in [1.165, 1.54) is 0 Å². The van der Waals surface area contributed by atoms with Crippen molar-refractivity contribution in [2.75, 3.05) is 13.1 Å². The molecule has 0 N–H and O–H groups in total. The van der Waals surface area contributed by atoms with Crippen molar-refractivity contribution in [1.82, 2.24) is 4.90 Å². The molecule has 1 aliphatic rings. The van der Waals surface area contributed by atoms with Crippen LogP contribution in [0.5, 0.6) is 0 Å². The first-order valence-electron chi connectivity index (χ1n) is 5.17. The van der Waals surface area contributed by atoms with E-state index in [9.17, 15) is 4.79 Å². The Morgan fingerprint density at radius 1 is 1.47 bits per heavy atom. The van der Waals surface area contributed by atoms with Gasteiger partial charge in [-0.1, -0.05) is 34.1 Å². The summed E-state index contributed by atoms with van der Waals surface area (Å²) in [5.74, 6) is 0.162. The van der Waals surface area contributed by atoms with Gasteiger partial charge < -0.3 is 4.90 Å². The molecule has 1 heterocycles. The predicted molar refractivity (Wildman–Crippen MR) is 64.4 cm³/mol. The Labute approximate surface area is 98.4 Å². The summed E-state index contributed by atoms with van der Waals surface area (Å²) in [6, 6.07) is 7.76. The summed E-state index contributed by atoms with van der Waals surface area (Å²) >= 11 is 3.54. The van der Waals surface area contributed by atoms with E-state index in [1.807, 2.05) is 36.1 Å². The molecule has 1 aliphatic heterocycles. The average molecular weight is 268 g/mol. The minimum atomic E-state index is 0.162. The van der Waals surface area contributed by atoms with Crippen LogP contribution in [0.2, 0.25) is 0 Å². The number of carbonyl (C=O) groups is 1. The minimum absolute atomic E-state index is 0.162. The summed E-state index contributed by atoms with van der Waals surface area (Å²) in [5, 5.41) is 0. The quantitative estimate of drug-likeness (QED) is 0.717. The third-order valence-electron chi connectivity index (χ3n) is 2.79. The summed E-state index contributed by atoms with van der Waals surface area (Å²) in [6.45, 7) is 3.67. The fourth-order valence-electron chi connectivity index (χ4n) is 1.89. The van der Waals surface area contributed by atoms with Crippen LogP contribution in [0.1, 0.15) is 22.3 Å². The summed E-state index contributed by atoms with van der Waals surface area (Å²) in [4.78, 5) is 14.5. The zero-order valence-electron chi connectivity index (χ0n) is 8.74. The van der Waals surface area contributed by atoms with Gasteiger partial charge >= 0.3 is 0 Å². The number of benzene rings is 1. The van der Waals surface area contributed by atoms with Crippen LogP contribution >= 0.6 is 15.9 Å². The van der Waals surface area contributed by atoms with Gasteiger partial charge in [-0.2, -0.15) is 0 Å². The van der Waals surface area contributed by atoms with E-state index < -0.39 is 0 Å². The van der Waals surface area contributed by atoms with Gasteiger partial charge in [0.05, 0.1) is 0 Å². The minimum Gasteiger partial charge on any atom is -0.337 e. The SMILES string of the molecule is Cc1ccccc1C(=O)N1CCC(Br)C1. The number of carbonyl (C=O) groups excluding carboxylic acids is 1. The molecule has 0 spiro atoms. The maximum atomic E-state index is 12.1. The molecule has 3 heteroatoms. The van der Waals surface area contributed by atoms with E-state index in [4.69, 9.17) is 0 Å². The van der Waals surface area contributed by atoms with E-state index in [2.05, 4.69) is 15.9 Å². The lowest BCUT2D eigenvalue weighted by molar-refractivity contribution is 0.0793. The molecule has 0 saturated carbocycles. The van der Waals surface area contributed by atoms with Crippen molar-refractivity contribution in [3.8, 4) is 0 Å². The number of hydrogen-bond acceptors (Lipinski definition) is 1. The van der Waals surface area contributed by atoms with Crippen molar-refractivity contribution >= 4 is 21.8 Å². The van der Waals surface area contributed by atoms with E-state index in [0.717, 1.165) is 30.6 Å². The monoisotopic (exact) mass is 267 g/mol. The third kappa shape index (κ3) is 2.23. The van der Waals surface area contributed by atoms with Crippen LogP contribution in [0.15, 0.2) is 24.3 Å². The maximum Gasteiger partial charge on any atom is 0.254 e. The van der Waals surface area contributed by atoms with Gasteiger partial charge in [-0.25, -0.2) is 0 Å². The number of nitrogens with zero attached hydrogens (tertiary/aromatic N) is 1. The Morgan fingerprint density at radius 3 is 2.80 bits per heavy atom. The first-order valence-corrected chi connectivity index (χ1v) is 6.09. The number of alkyl halides is 1. The summed E-state index contributed by atoms with van der Waals surface area (Å²) in [6.07, 6.45) is 1.05. The maximum absolute atomic E-state index is 12.1. The Kier molecular flexibility index (Phi) is 3.10. The highest BCUT2D eigenvalue weighted by Gasteiger charge is 2.25. The normalized spacial score (nSPS) is 20.7. The zero-order chi connectivity index (χ0) is 10.8. The van der Waals surface area contributed by atoms with Crippen LogP contribution in [0, 0.1) is 6.92 Å². The predicted octanol–water partition coefficient (Wildman–Crippen LogP) is 2.60. The van der Waals surface area contributed by atoms with Crippen LogP contribution < -0.4 is 0 Å². The smallest absolute Gasteiger partial charge is 0.254 e. The van der Waals surface area contributed by atoms with Crippen molar-refractivity contribution in [3.63, 3.8) is 0 Å². The van der Waals surface area contributed by atoms with E-state index >= 15 is 0 Å². The van der Waals surface area contributed by atoms with Crippen molar-refractivity contribution in [1.29, 1.82) is 0 Å². The molecule has 80 valence electrons. The molecule has 1 aromatic rings. The van der Waals surface area contributed by atoms with Gasteiger partial charge in [0.15, 0.2) is 0 Å². The van der Waals surface area contributed by atoms with Gasteiger partial charge in [-0.3, -0.25) is 4.79 Å². The van der Waals surface area contributed by atoms with Gasteiger partial charge in [0, 0.05) is 23.5 Å². The Hall–Kier alpha value is -0.830. The third-order valence-corrected chi connectivity index (χ3v) is 3.54. The second kappa shape index (κ2) is 4.35. The lowest BCUT2D eigenvalue weighted by Crippen LogP contribution is -2.29. The molecule has 0 aliphatic carbocycles. The first kappa shape index (κ1) is 10.7. The fraction of sp³-hybridized carbons (Fsp3) is 0.417. The Morgan fingerprint density at radius 2 is 2.20 bits per heavy atom. The summed E-state index contributed by atoms with van der Waals surface area (Å²) in [7, 11) is 0. The van der Waals surface area contributed by atoms with Crippen molar-refractivity contribution in [2.24, 2.45) is 0 Å². The average Bonchev–Trinajstić information content (AvgIpc) is 2.65. The molecule has 1 unspecified atom stereocenters. The van der Waals surface area contributed by atoms with E-state index in [0.29, 0.717) is 4.83 Å². The Balaban J connectivity index is 2.18. The number of rotatable bonds is 1. The molecular formula is C12H14BrNO. The van der Waals surface area contributed by atoms with Gasteiger partial charge in [0.1, 0.15) is 0 Å². The standard InChI is InChI=1S/C12H14BrNO/c1-9-4-2-3-5-11(9)12(15)14-7-6-10(13)8-14/h2-5,10H,6-8H2,1H3. The van der Waals surface area contributed by atoms with Gasteiger partial charge in [0.25, 0.3) is 5.91 Å². The molecule has 1 fully saturated rings. The topological polar surface area (TPSA) is 20.3 Å². The van der Waals surface area contributed by atoms with Crippen molar-refractivity contribution < 1.29 is 4.79 Å². The fourth-order valence-corrected chi connectivity index (χ4v) is 2.44. The lowest BCUT2D eigenvalue weighted by Gasteiger charge is -2.16. The molecule has 1 saturated heterocycles. The van der Waals surface area contributed by atoms with Crippen LogP contribution in [0.4, 0.5) is 0 Å². The highest BCUT2D eigenvalue weighted by molar-refractivity contribution is 9.09. The van der Waals surface area contributed by atoms with E-state index in [1.54, 1.807) is 0 Å². The number of hydrogen-bond donors (Lipinski definition) is 0. The molecule has 2 nitrogen and oxygen atoms in total. The molecule has 1 amide bonds. The van der Waals surface area contributed by atoms with Crippen LogP contribution in [-0.4, -0.2) is 28.7 Å². The summed E-state index contributed by atoms with van der Waals surface area (Å²) in [5.41, 5.74) is 1.89. The van der Waals surface area contributed by atoms with Crippen LogP contribution in [-0.2, 0) is 0 Å². The van der Waals surface area contributed by atoms with Crippen molar-refractivity contribution in [3.05, 3.63) is 35.4 Å². The molecular weight excluding hydrogens is 254 g/mol. The van der Waals surface area contributed by atoms with Gasteiger partial charge in [-0.05, 0) is 25.0 Å². The number of aryl methyl sites for hydroxylation is 1. The molecule has 1 aromatic carbocycles. The molecule has 1 atom stereocenters. The number of halogens is 1. The van der Waals surface area contributed by atoms with E-state index in [-0.39, 0.29) is 5.91 Å². The largest absolute Gasteiger partial charge is 0.337 e. The van der Waals surface area contributed by atoms with Gasteiger partial charge in [0.2, 0.25) is 0 Å². The second-order valence-corrected chi connectivity index (χ2v) is 5.25. The molecule has 0 bridgehead atoms. The lowest BCUT2D eigenvalue weighted by atomic mass is 10.1. The molecule has 0 radical (unpaired) electrons. The Bertz CT molecular complexity index is 378. The second-order valence-electron chi connectivity index (χ2n) is 3.95. The molecule has 2 rings (SSSR count). The molecule has 15 heavy (non-hydrogen) atoms. The number of likely N-dealkylation sites (tertiary alicyclic amines) is 1. The highest BCUT2D eigenvalue weighted by Crippen LogP contribution is 2.20. The van der Waals surface area contributed by atoms with Crippen LogP contribution in [0.3, 0.4) is 0 Å². The van der Waals surface area contributed by atoms with Crippen molar-refractivity contribution in [2.45, 2.75) is 18.2 Å². The summed E-state index contributed by atoms with van der Waals surface area (Å²) < 4.78 is 0. The highest BCUT2D eigenvalue weighted by atomic mass is 79.9. The van der Waals surface area contributed by atoms with Gasteiger partial charge in [-0.15, -0.1) is 0 Å². The number of amides is 1. The molecule has 0 aromatic heterocycles. The first-order chi connectivity index (χ1) is 7.18. The zero-order valence-corrected chi connectivity index (χ0v) is 10.3. The van der Waals surface area contributed by atoms with Crippen LogP contribution in [0.25, 0.3) is 0 Å².